The fourth-order valence-corrected chi connectivity index (χ4v) is 2.84. The molecule has 2 aromatic rings. The van der Waals surface area contributed by atoms with Crippen LogP contribution in [-0.2, 0) is 17.9 Å². The van der Waals surface area contributed by atoms with Crippen molar-refractivity contribution in [3.63, 3.8) is 0 Å². The Hall–Kier alpha value is -2.37. The number of carbonyl (C=O) groups excluding carboxylic acids is 1. The zero-order valence-electron chi connectivity index (χ0n) is 14.3. The van der Waals surface area contributed by atoms with Gasteiger partial charge in [-0.1, -0.05) is 19.1 Å². The summed E-state index contributed by atoms with van der Waals surface area (Å²) in [6.07, 6.45) is 5.33. The molecular formula is C18H24N4O2. The molecule has 1 aromatic carbocycles. The minimum Gasteiger partial charge on any atom is -0.494 e. The summed E-state index contributed by atoms with van der Waals surface area (Å²) in [6, 6.07) is 8.37. The molecular weight excluding hydrogens is 304 g/mol. The third-order valence-corrected chi connectivity index (χ3v) is 4.18. The van der Waals surface area contributed by atoms with E-state index in [2.05, 4.69) is 10.1 Å². The lowest BCUT2D eigenvalue weighted by atomic mass is 10.1. The highest BCUT2D eigenvalue weighted by molar-refractivity contribution is 5.79. The van der Waals surface area contributed by atoms with Crippen LogP contribution in [0.5, 0.6) is 5.75 Å². The van der Waals surface area contributed by atoms with E-state index in [1.54, 1.807) is 11.0 Å². The van der Waals surface area contributed by atoms with Gasteiger partial charge in [0.25, 0.3) is 0 Å². The van der Waals surface area contributed by atoms with Gasteiger partial charge >= 0.3 is 0 Å². The molecule has 0 N–H and O–H groups in total. The summed E-state index contributed by atoms with van der Waals surface area (Å²) in [4.78, 5) is 18.8. The molecule has 0 bridgehead atoms. The van der Waals surface area contributed by atoms with Crippen molar-refractivity contribution in [2.75, 3.05) is 6.61 Å². The SMILES string of the molecule is CCOc1cccc(CN(C(=O)[C@@H](C)Cn2cncn2)C2CC2)c1. The van der Waals surface area contributed by atoms with Gasteiger partial charge in [0.15, 0.2) is 0 Å². The van der Waals surface area contributed by atoms with Crippen LogP contribution in [0.3, 0.4) is 0 Å². The van der Waals surface area contributed by atoms with Crippen molar-refractivity contribution in [1.29, 1.82) is 0 Å². The van der Waals surface area contributed by atoms with Crippen LogP contribution in [0.4, 0.5) is 0 Å². The molecule has 0 saturated heterocycles. The van der Waals surface area contributed by atoms with Crippen LogP contribution < -0.4 is 4.74 Å². The van der Waals surface area contributed by atoms with Crippen molar-refractivity contribution in [2.45, 2.75) is 45.8 Å². The Balaban J connectivity index is 1.68. The van der Waals surface area contributed by atoms with Gasteiger partial charge in [0.1, 0.15) is 18.4 Å². The first kappa shape index (κ1) is 16.5. The molecule has 1 saturated carbocycles. The summed E-state index contributed by atoms with van der Waals surface area (Å²) in [7, 11) is 0. The molecule has 0 radical (unpaired) electrons. The monoisotopic (exact) mass is 328 g/mol. The fourth-order valence-electron chi connectivity index (χ4n) is 2.84. The molecule has 6 nitrogen and oxygen atoms in total. The molecule has 6 heteroatoms. The Morgan fingerprint density at radius 3 is 2.96 bits per heavy atom. The number of amides is 1. The summed E-state index contributed by atoms with van der Waals surface area (Å²) in [6.45, 7) is 5.76. The minimum absolute atomic E-state index is 0.123. The highest BCUT2D eigenvalue weighted by Gasteiger charge is 2.34. The Morgan fingerprint density at radius 2 is 2.29 bits per heavy atom. The first-order valence-corrected chi connectivity index (χ1v) is 8.52. The maximum atomic E-state index is 12.9. The average molecular weight is 328 g/mol. The Kier molecular flexibility index (Phi) is 5.13. The highest BCUT2D eigenvalue weighted by atomic mass is 16.5. The second kappa shape index (κ2) is 7.47. The van der Waals surface area contributed by atoms with Gasteiger partial charge in [-0.3, -0.25) is 9.48 Å². The lowest BCUT2D eigenvalue weighted by Gasteiger charge is -2.26. The largest absolute Gasteiger partial charge is 0.494 e. The lowest BCUT2D eigenvalue weighted by Crippen LogP contribution is -2.38. The van der Waals surface area contributed by atoms with Crippen molar-refractivity contribution in [3.8, 4) is 5.75 Å². The average Bonchev–Trinajstić information content (AvgIpc) is 3.30. The summed E-state index contributed by atoms with van der Waals surface area (Å²) in [5, 5.41) is 4.09. The minimum atomic E-state index is -0.123. The number of benzene rings is 1. The zero-order chi connectivity index (χ0) is 16.9. The van der Waals surface area contributed by atoms with Gasteiger partial charge in [0.05, 0.1) is 19.1 Å². The third-order valence-electron chi connectivity index (χ3n) is 4.18. The van der Waals surface area contributed by atoms with E-state index in [1.807, 2.05) is 43.0 Å². The first-order valence-electron chi connectivity index (χ1n) is 8.52. The number of nitrogens with zero attached hydrogens (tertiary/aromatic N) is 4. The summed E-state index contributed by atoms with van der Waals surface area (Å²) in [5.74, 6) is 0.908. The number of carbonyl (C=O) groups is 1. The number of hydrogen-bond donors (Lipinski definition) is 0. The van der Waals surface area contributed by atoms with E-state index >= 15 is 0 Å². The molecule has 128 valence electrons. The summed E-state index contributed by atoms with van der Waals surface area (Å²) < 4.78 is 7.27. The van der Waals surface area contributed by atoms with Crippen molar-refractivity contribution in [1.82, 2.24) is 19.7 Å². The quantitative estimate of drug-likeness (QED) is 0.747. The van der Waals surface area contributed by atoms with Gasteiger partial charge in [0, 0.05) is 12.6 Å². The number of hydrogen-bond acceptors (Lipinski definition) is 4. The van der Waals surface area contributed by atoms with E-state index in [-0.39, 0.29) is 11.8 Å². The molecule has 0 aliphatic heterocycles. The molecule has 1 amide bonds. The molecule has 1 aromatic heterocycles. The van der Waals surface area contributed by atoms with Gasteiger partial charge in [-0.05, 0) is 37.5 Å². The molecule has 1 atom stereocenters. The van der Waals surface area contributed by atoms with Gasteiger partial charge in [-0.15, -0.1) is 0 Å². The molecule has 0 unspecified atom stereocenters. The second-order valence-corrected chi connectivity index (χ2v) is 6.30. The molecule has 1 fully saturated rings. The van der Waals surface area contributed by atoms with E-state index in [9.17, 15) is 4.79 Å². The molecule has 24 heavy (non-hydrogen) atoms. The number of ether oxygens (including phenoxy) is 1. The highest BCUT2D eigenvalue weighted by Crippen LogP contribution is 2.30. The van der Waals surface area contributed by atoms with E-state index in [4.69, 9.17) is 4.74 Å². The van der Waals surface area contributed by atoms with Gasteiger partial charge in [-0.25, -0.2) is 4.98 Å². The predicted molar refractivity (Wildman–Crippen MR) is 90.4 cm³/mol. The lowest BCUT2D eigenvalue weighted by molar-refractivity contribution is -0.136. The van der Waals surface area contributed by atoms with Gasteiger partial charge < -0.3 is 9.64 Å². The van der Waals surface area contributed by atoms with Crippen LogP contribution >= 0.6 is 0 Å². The van der Waals surface area contributed by atoms with E-state index in [0.717, 1.165) is 24.2 Å². The van der Waals surface area contributed by atoms with Crippen molar-refractivity contribution in [3.05, 3.63) is 42.5 Å². The zero-order valence-corrected chi connectivity index (χ0v) is 14.3. The summed E-state index contributed by atoms with van der Waals surface area (Å²) >= 11 is 0. The molecule has 1 heterocycles. The van der Waals surface area contributed by atoms with E-state index < -0.39 is 0 Å². The van der Waals surface area contributed by atoms with Crippen LogP contribution in [0.25, 0.3) is 0 Å². The normalized spacial score (nSPS) is 15.1. The second-order valence-electron chi connectivity index (χ2n) is 6.30. The first-order chi connectivity index (χ1) is 11.7. The third kappa shape index (κ3) is 4.13. The van der Waals surface area contributed by atoms with Gasteiger partial charge in [0.2, 0.25) is 5.91 Å². The van der Waals surface area contributed by atoms with Crippen molar-refractivity contribution >= 4 is 5.91 Å². The Bertz CT molecular complexity index is 667. The fraction of sp³-hybridized carbons (Fsp3) is 0.500. The molecule has 1 aliphatic carbocycles. The molecule has 1 aliphatic rings. The van der Waals surface area contributed by atoms with E-state index in [0.29, 0.717) is 25.7 Å². The Labute approximate surface area is 142 Å². The van der Waals surface area contributed by atoms with Crippen LogP contribution in [0.15, 0.2) is 36.9 Å². The predicted octanol–water partition coefficient (Wildman–Crippen LogP) is 2.50. The van der Waals surface area contributed by atoms with Crippen LogP contribution in [-0.4, -0.2) is 38.2 Å². The van der Waals surface area contributed by atoms with E-state index in [1.165, 1.54) is 6.33 Å². The number of aromatic nitrogens is 3. The molecule has 0 spiro atoms. The standard InChI is InChI=1S/C18H24N4O2/c1-3-24-17-6-4-5-15(9-17)11-22(16-7-8-16)18(23)14(2)10-21-13-19-12-20-21/h4-6,9,12-14,16H,3,7-8,10-11H2,1-2H3/t14-/m0/s1. The van der Waals surface area contributed by atoms with Crippen LogP contribution in [0, 0.1) is 5.92 Å². The summed E-state index contributed by atoms with van der Waals surface area (Å²) in [5.41, 5.74) is 1.11. The van der Waals surface area contributed by atoms with Crippen LogP contribution in [0.2, 0.25) is 0 Å². The molecule has 3 rings (SSSR count). The van der Waals surface area contributed by atoms with Gasteiger partial charge in [-0.2, -0.15) is 5.10 Å². The topological polar surface area (TPSA) is 60.2 Å². The maximum Gasteiger partial charge on any atom is 0.227 e. The number of rotatable bonds is 8. The maximum absolute atomic E-state index is 12.9. The van der Waals surface area contributed by atoms with Crippen molar-refractivity contribution in [2.24, 2.45) is 5.92 Å². The van der Waals surface area contributed by atoms with Crippen LogP contribution in [0.1, 0.15) is 32.3 Å². The Morgan fingerprint density at radius 1 is 1.46 bits per heavy atom. The van der Waals surface area contributed by atoms with Crippen molar-refractivity contribution < 1.29 is 9.53 Å². The smallest absolute Gasteiger partial charge is 0.227 e.